The van der Waals surface area contributed by atoms with Crippen LogP contribution in [0, 0.1) is 5.82 Å². The monoisotopic (exact) mass is 266 g/mol. The van der Waals surface area contributed by atoms with E-state index < -0.39 is 6.10 Å². The molecule has 0 radical (unpaired) electrons. The number of thiophene rings is 1. The second kappa shape index (κ2) is 5.98. The van der Waals surface area contributed by atoms with Gasteiger partial charge in [0.1, 0.15) is 11.6 Å². The average molecular weight is 266 g/mol. The van der Waals surface area contributed by atoms with Crippen LogP contribution >= 0.6 is 11.3 Å². The molecule has 1 aromatic carbocycles. The molecule has 0 aliphatic rings. The van der Waals surface area contributed by atoms with E-state index in [-0.39, 0.29) is 5.82 Å². The zero-order valence-corrected chi connectivity index (χ0v) is 10.9. The SMILES string of the molecule is CC(O)c1cc(F)ccc1OCCc1ccsc1. The van der Waals surface area contributed by atoms with Gasteiger partial charge in [-0.3, -0.25) is 0 Å². The highest BCUT2D eigenvalue weighted by molar-refractivity contribution is 7.07. The van der Waals surface area contributed by atoms with Gasteiger partial charge in [-0.25, -0.2) is 4.39 Å². The predicted molar refractivity (Wildman–Crippen MR) is 70.6 cm³/mol. The van der Waals surface area contributed by atoms with Crippen LogP contribution in [0.4, 0.5) is 4.39 Å². The van der Waals surface area contributed by atoms with Crippen molar-refractivity contribution in [2.45, 2.75) is 19.4 Å². The highest BCUT2D eigenvalue weighted by atomic mass is 32.1. The van der Waals surface area contributed by atoms with E-state index in [4.69, 9.17) is 4.74 Å². The fourth-order valence-electron chi connectivity index (χ4n) is 1.69. The van der Waals surface area contributed by atoms with Crippen LogP contribution in [0.1, 0.15) is 24.2 Å². The zero-order valence-electron chi connectivity index (χ0n) is 10.1. The lowest BCUT2D eigenvalue weighted by Gasteiger charge is -2.13. The Labute approximate surface area is 110 Å². The number of rotatable bonds is 5. The molecule has 0 saturated heterocycles. The van der Waals surface area contributed by atoms with E-state index in [0.29, 0.717) is 17.9 Å². The number of aliphatic hydroxyl groups is 1. The number of hydrogen-bond donors (Lipinski definition) is 1. The van der Waals surface area contributed by atoms with E-state index in [0.717, 1.165) is 6.42 Å². The van der Waals surface area contributed by atoms with Crippen molar-refractivity contribution in [3.05, 3.63) is 52.0 Å². The first-order valence-corrected chi connectivity index (χ1v) is 6.72. The van der Waals surface area contributed by atoms with Crippen LogP contribution in [-0.4, -0.2) is 11.7 Å². The van der Waals surface area contributed by atoms with Gasteiger partial charge in [0.2, 0.25) is 0 Å². The van der Waals surface area contributed by atoms with Gasteiger partial charge in [-0.15, -0.1) is 0 Å². The summed E-state index contributed by atoms with van der Waals surface area (Å²) < 4.78 is 18.7. The van der Waals surface area contributed by atoms with Crippen molar-refractivity contribution in [3.63, 3.8) is 0 Å². The molecule has 2 aromatic rings. The summed E-state index contributed by atoms with van der Waals surface area (Å²) >= 11 is 1.65. The lowest BCUT2D eigenvalue weighted by atomic mass is 10.1. The smallest absolute Gasteiger partial charge is 0.125 e. The quantitative estimate of drug-likeness (QED) is 0.896. The number of benzene rings is 1. The molecule has 0 fully saturated rings. The molecule has 1 atom stereocenters. The molecule has 1 aromatic heterocycles. The second-order valence-corrected chi connectivity index (χ2v) is 4.87. The standard InChI is InChI=1S/C14H15FO2S/c1-10(16)13-8-12(15)2-3-14(13)17-6-4-11-5-7-18-9-11/h2-3,5,7-10,16H,4,6H2,1H3. The lowest BCUT2D eigenvalue weighted by Crippen LogP contribution is -2.04. The van der Waals surface area contributed by atoms with Gasteiger partial charge < -0.3 is 9.84 Å². The Kier molecular flexibility index (Phi) is 4.33. The second-order valence-electron chi connectivity index (χ2n) is 4.09. The Morgan fingerprint density at radius 3 is 2.89 bits per heavy atom. The summed E-state index contributed by atoms with van der Waals surface area (Å²) in [6.07, 6.45) is 0.0667. The number of aliphatic hydroxyl groups excluding tert-OH is 1. The molecule has 2 nitrogen and oxygen atoms in total. The van der Waals surface area contributed by atoms with Crippen LogP contribution in [-0.2, 0) is 6.42 Å². The Hall–Kier alpha value is -1.39. The summed E-state index contributed by atoms with van der Waals surface area (Å²) in [5.41, 5.74) is 1.71. The van der Waals surface area contributed by atoms with Gasteiger partial charge in [0.15, 0.2) is 0 Å². The van der Waals surface area contributed by atoms with E-state index in [1.54, 1.807) is 24.3 Å². The zero-order chi connectivity index (χ0) is 13.0. The normalized spacial score (nSPS) is 12.4. The molecule has 0 bridgehead atoms. The first-order valence-electron chi connectivity index (χ1n) is 5.78. The topological polar surface area (TPSA) is 29.5 Å². The van der Waals surface area contributed by atoms with E-state index in [9.17, 15) is 9.50 Å². The maximum absolute atomic E-state index is 13.1. The van der Waals surface area contributed by atoms with Crippen molar-refractivity contribution in [2.75, 3.05) is 6.61 Å². The molecule has 1 unspecified atom stereocenters. The lowest BCUT2D eigenvalue weighted by molar-refractivity contribution is 0.191. The van der Waals surface area contributed by atoms with Crippen LogP contribution in [0.3, 0.4) is 0 Å². The Morgan fingerprint density at radius 1 is 1.39 bits per heavy atom. The maximum atomic E-state index is 13.1. The van der Waals surface area contributed by atoms with E-state index in [1.165, 1.54) is 17.7 Å². The Balaban J connectivity index is 2.00. The molecule has 18 heavy (non-hydrogen) atoms. The molecule has 0 amide bonds. The highest BCUT2D eigenvalue weighted by Crippen LogP contribution is 2.26. The van der Waals surface area contributed by atoms with Crippen molar-refractivity contribution in [3.8, 4) is 5.75 Å². The molecule has 0 spiro atoms. The molecular formula is C14H15FO2S. The summed E-state index contributed by atoms with van der Waals surface area (Å²) in [6, 6.07) is 6.26. The molecule has 0 aliphatic heterocycles. The summed E-state index contributed by atoms with van der Waals surface area (Å²) in [4.78, 5) is 0. The van der Waals surface area contributed by atoms with Crippen LogP contribution < -0.4 is 4.74 Å². The van der Waals surface area contributed by atoms with Crippen molar-refractivity contribution in [1.29, 1.82) is 0 Å². The third kappa shape index (κ3) is 3.31. The van der Waals surface area contributed by atoms with Crippen LogP contribution in [0.5, 0.6) is 5.75 Å². The van der Waals surface area contributed by atoms with Crippen LogP contribution in [0.15, 0.2) is 35.0 Å². The maximum Gasteiger partial charge on any atom is 0.125 e. The van der Waals surface area contributed by atoms with Crippen LogP contribution in [0.2, 0.25) is 0 Å². The van der Waals surface area contributed by atoms with Crippen molar-refractivity contribution < 1.29 is 14.2 Å². The van der Waals surface area contributed by atoms with Gasteiger partial charge >= 0.3 is 0 Å². The van der Waals surface area contributed by atoms with Gasteiger partial charge in [-0.1, -0.05) is 0 Å². The van der Waals surface area contributed by atoms with Gasteiger partial charge in [0, 0.05) is 12.0 Å². The van der Waals surface area contributed by atoms with Gasteiger partial charge in [-0.2, -0.15) is 11.3 Å². The first-order chi connectivity index (χ1) is 8.66. The molecule has 96 valence electrons. The third-order valence-electron chi connectivity index (χ3n) is 2.65. The van der Waals surface area contributed by atoms with Gasteiger partial charge in [0.05, 0.1) is 12.7 Å². The number of ether oxygens (including phenoxy) is 1. The number of halogens is 1. The van der Waals surface area contributed by atoms with E-state index >= 15 is 0 Å². The average Bonchev–Trinajstić information content (AvgIpc) is 2.84. The van der Waals surface area contributed by atoms with E-state index in [1.807, 2.05) is 11.4 Å². The molecular weight excluding hydrogens is 251 g/mol. The summed E-state index contributed by atoms with van der Waals surface area (Å²) in [7, 11) is 0. The Bertz CT molecular complexity index is 495. The van der Waals surface area contributed by atoms with Crippen molar-refractivity contribution in [1.82, 2.24) is 0 Å². The number of hydrogen-bond acceptors (Lipinski definition) is 3. The fraction of sp³-hybridized carbons (Fsp3) is 0.286. The highest BCUT2D eigenvalue weighted by Gasteiger charge is 2.10. The van der Waals surface area contributed by atoms with E-state index in [2.05, 4.69) is 5.38 Å². The minimum absolute atomic E-state index is 0.365. The summed E-state index contributed by atoms with van der Waals surface area (Å²) in [5.74, 6) is 0.178. The largest absolute Gasteiger partial charge is 0.493 e. The molecule has 2 rings (SSSR count). The van der Waals surface area contributed by atoms with Gasteiger partial charge in [-0.05, 0) is 47.5 Å². The fourth-order valence-corrected chi connectivity index (χ4v) is 2.39. The third-order valence-corrected chi connectivity index (χ3v) is 3.38. The van der Waals surface area contributed by atoms with Crippen molar-refractivity contribution >= 4 is 11.3 Å². The van der Waals surface area contributed by atoms with Gasteiger partial charge in [0.25, 0.3) is 0 Å². The molecule has 1 N–H and O–H groups in total. The molecule has 4 heteroatoms. The van der Waals surface area contributed by atoms with Crippen LogP contribution in [0.25, 0.3) is 0 Å². The minimum Gasteiger partial charge on any atom is -0.493 e. The minimum atomic E-state index is -0.739. The molecule has 0 saturated carbocycles. The first kappa shape index (κ1) is 13.1. The molecule has 0 aliphatic carbocycles. The summed E-state index contributed by atoms with van der Waals surface area (Å²) in [6.45, 7) is 2.11. The predicted octanol–water partition coefficient (Wildman–Crippen LogP) is 3.56. The Morgan fingerprint density at radius 2 is 2.22 bits per heavy atom. The summed E-state index contributed by atoms with van der Waals surface area (Å²) in [5, 5.41) is 13.7. The van der Waals surface area contributed by atoms with Crippen molar-refractivity contribution in [2.24, 2.45) is 0 Å². The molecule has 1 heterocycles.